The summed E-state index contributed by atoms with van der Waals surface area (Å²) in [6, 6.07) is 7.80. The highest BCUT2D eigenvalue weighted by Crippen LogP contribution is 2.42. The molecule has 2 N–H and O–H groups in total. The first-order valence-electron chi connectivity index (χ1n) is 6.41. The standard InChI is InChI=1S/C14H17NO3/c16-11-3-1-2-9(6-11)8-15-10-4-5-13(15)12(7-10)14(17)18/h1-3,6,10,12-13,16H,4-5,7-8H2,(H,17,18). The van der Waals surface area contributed by atoms with Crippen LogP contribution in [0.15, 0.2) is 24.3 Å². The molecule has 3 atom stereocenters. The van der Waals surface area contributed by atoms with Gasteiger partial charge in [0, 0.05) is 18.6 Å². The van der Waals surface area contributed by atoms with E-state index in [0.717, 1.165) is 31.4 Å². The fraction of sp³-hybridized carbons (Fsp3) is 0.500. The minimum absolute atomic E-state index is 0.176. The number of carboxylic acids is 1. The highest BCUT2D eigenvalue weighted by Gasteiger charge is 2.48. The number of carboxylic acid groups (broad SMARTS) is 1. The maximum Gasteiger partial charge on any atom is 0.308 e. The molecule has 0 radical (unpaired) electrons. The molecule has 3 unspecified atom stereocenters. The Hall–Kier alpha value is -1.55. The fourth-order valence-corrected chi connectivity index (χ4v) is 3.48. The highest BCUT2D eigenvalue weighted by atomic mass is 16.4. The second kappa shape index (κ2) is 4.28. The van der Waals surface area contributed by atoms with Crippen molar-refractivity contribution < 1.29 is 15.0 Å². The number of hydrogen-bond acceptors (Lipinski definition) is 3. The summed E-state index contributed by atoms with van der Waals surface area (Å²) in [4.78, 5) is 13.5. The summed E-state index contributed by atoms with van der Waals surface area (Å²) in [5.74, 6) is -0.599. The number of fused-ring (bicyclic) bond motifs is 2. The van der Waals surface area contributed by atoms with E-state index >= 15 is 0 Å². The molecule has 0 amide bonds. The van der Waals surface area contributed by atoms with E-state index in [0.29, 0.717) is 6.04 Å². The molecule has 0 aromatic heterocycles. The topological polar surface area (TPSA) is 60.8 Å². The van der Waals surface area contributed by atoms with Crippen molar-refractivity contribution in [1.29, 1.82) is 0 Å². The molecule has 1 aromatic rings. The summed E-state index contributed by atoms with van der Waals surface area (Å²) in [6.45, 7) is 0.744. The maximum atomic E-state index is 11.2. The summed E-state index contributed by atoms with van der Waals surface area (Å²) in [6.07, 6.45) is 2.87. The third-order valence-corrected chi connectivity index (χ3v) is 4.27. The second-order valence-electron chi connectivity index (χ2n) is 5.32. The Morgan fingerprint density at radius 2 is 2.22 bits per heavy atom. The Bertz CT molecular complexity index is 474. The summed E-state index contributed by atoms with van der Waals surface area (Å²) in [7, 11) is 0. The van der Waals surface area contributed by atoms with Gasteiger partial charge in [0.05, 0.1) is 5.92 Å². The summed E-state index contributed by atoms with van der Waals surface area (Å²) >= 11 is 0. The van der Waals surface area contributed by atoms with Gasteiger partial charge in [-0.25, -0.2) is 0 Å². The number of aliphatic carboxylic acids is 1. The van der Waals surface area contributed by atoms with E-state index in [1.54, 1.807) is 12.1 Å². The van der Waals surface area contributed by atoms with E-state index < -0.39 is 5.97 Å². The van der Waals surface area contributed by atoms with Crippen LogP contribution in [-0.2, 0) is 11.3 Å². The van der Waals surface area contributed by atoms with Gasteiger partial charge in [-0.05, 0) is 37.0 Å². The van der Waals surface area contributed by atoms with Gasteiger partial charge in [0.1, 0.15) is 5.75 Å². The van der Waals surface area contributed by atoms with Crippen LogP contribution in [0.2, 0.25) is 0 Å². The minimum atomic E-state index is -0.664. The molecule has 2 aliphatic rings. The Balaban J connectivity index is 1.76. The first-order chi connectivity index (χ1) is 8.65. The fourth-order valence-electron chi connectivity index (χ4n) is 3.48. The number of phenols is 1. The Morgan fingerprint density at radius 1 is 1.39 bits per heavy atom. The van der Waals surface area contributed by atoms with Gasteiger partial charge in [-0.2, -0.15) is 0 Å². The van der Waals surface area contributed by atoms with Crippen LogP contribution in [0.5, 0.6) is 5.75 Å². The zero-order chi connectivity index (χ0) is 12.7. The van der Waals surface area contributed by atoms with Gasteiger partial charge in [0.2, 0.25) is 0 Å². The van der Waals surface area contributed by atoms with Crippen LogP contribution in [0.3, 0.4) is 0 Å². The van der Waals surface area contributed by atoms with E-state index in [1.165, 1.54) is 0 Å². The number of aromatic hydroxyl groups is 1. The molecule has 1 aromatic carbocycles. The van der Waals surface area contributed by atoms with Crippen LogP contribution in [0.1, 0.15) is 24.8 Å². The van der Waals surface area contributed by atoms with Crippen molar-refractivity contribution in [2.45, 2.75) is 37.9 Å². The Labute approximate surface area is 106 Å². The summed E-state index contributed by atoms with van der Waals surface area (Å²) in [5, 5.41) is 18.7. The third-order valence-electron chi connectivity index (χ3n) is 4.27. The number of rotatable bonds is 3. The normalized spacial score (nSPS) is 30.8. The summed E-state index contributed by atoms with van der Waals surface area (Å²) < 4.78 is 0. The number of phenolic OH excluding ortho intramolecular Hbond substituents is 1. The molecule has 4 heteroatoms. The molecule has 18 heavy (non-hydrogen) atoms. The lowest BCUT2D eigenvalue weighted by Gasteiger charge is -2.22. The van der Waals surface area contributed by atoms with Crippen LogP contribution in [-0.4, -0.2) is 33.2 Å². The van der Waals surface area contributed by atoms with Crippen molar-refractivity contribution >= 4 is 5.97 Å². The molecule has 2 saturated heterocycles. The lowest BCUT2D eigenvalue weighted by atomic mass is 9.89. The highest BCUT2D eigenvalue weighted by molar-refractivity contribution is 5.71. The quantitative estimate of drug-likeness (QED) is 0.855. The van der Waals surface area contributed by atoms with Gasteiger partial charge in [0.15, 0.2) is 0 Å². The van der Waals surface area contributed by atoms with Crippen molar-refractivity contribution in [3.05, 3.63) is 29.8 Å². The van der Waals surface area contributed by atoms with E-state index in [1.807, 2.05) is 12.1 Å². The van der Waals surface area contributed by atoms with E-state index in [9.17, 15) is 15.0 Å². The van der Waals surface area contributed by atoms with Gasteiger partial charge in [0.25, 0.3) is 0 Å². The monoisotopic (exact) mass is 247 g/mol. The smallest absolute Gasteiger partial charge is 0.308 e. The lowest BCUT2D eigenvalue weighted by molar-refractivity contribution is -0.142. The molecular formula is C14H17NO3. The largest absolute Gasteiger partial charge is 0.508 e. The molecule has 2 heterocycles. The predicted molar refractivity (Wildman–Crippen MR) is 66.2 cm³/mol. The number of hydrogen-bond donors (Lipinski definition) is 2. The van der Waals surface area contributed by atoms with E-state index in [2.05, 4.69) is 4.90 Å². The molecule has 2 aliphatic heterocycles. The van der Waals surface area contributed by atoms with Crippen LogP contribution in [0.4, 0.5) is 0 Å². The van der Waals surface area contributed by atoms with Crippen molar-refractivity contribution in [2.24, 2.45) is 5.92 Å². The van der Waals surface area contributed by atoms with Gasteiger partial charge in [-0.3, -0.25) is 9.69 Å². The van der Waals surface area contributed by atoms with Crippen LogP contribution in [0, 0.1) is 5.92 Å². The van der Waals surface area contributed by atoms with Crippen molar-refractivity contribution in [2.75, 3.05) is 0 Å². The Morgan fingerprint density at radius 3 is 2.89 bits per heavy atom. The van der Waals surface area contributed by atoms with Gasteiger partial charge in [-0.15, -0.1) is 0 Å². The molecule has 96 valence electrons. The molecule has 3 rings (SSSR count). The molecule has 0 saturated carbocycles. The van der Waals surface area contributed by atoms with Crippen molar-refractivity contribution in [3.63, 3.8) is 0 Å². The molecule has 2 fully saturated rings. The minimum Gasteiger partial charge on any atom is -0.508 e. The molecule has 4 nitrogen and oxygen atoms in total. The predicted octanol–water partition coefficient (Wildman–Crippen LogP) is 1.83. The van der Waals surface area contributed by atoms with Crippen LogP contribution >= 0.6 is 0 Å². The SMILES string of the molecule is O=C(O)C1CC2CCC1N2Cc1cccc(O)c1. The van der Waals surface area contributed by atoms with Crippen molar-refractivity contribution in [1.82, 2.24) is 4.90 Å². The third kappa shape index (κ3) is 1.86. The first kappa shape index (κ1) is 11.5. The van der Waals surface area contributed by atoms with Crippen LogP contribution < -0.4 is 0 Å². The Kier molecular flexibility index (Phi) is 2.74. The van der Waals surface area contributed by atoms with Gasteiger partial charge in [-0.1, -0.05) is 12.1 Å². The molecule has 0 aliphatic carbocycles. The second-order valence-corrected chi connectivity index (χ2v) is 5.32. The number of benzene rings is 1. The van der Waals surface area contributed by atoms with Crippen molar-refractivity contribution in [3.8, 4) is 5.75 Å². The summed E-state index contributed by atoms with van der Waals surface area (Å²) in [5.41, 5.74) is 1.05. The zero-order valence-corrected chi connectivity index (χ0v) is 10.1. The molecule has 2 bridgehead atoms. The number of carbonyl (C=O) groups is 1. The van der Waals surface area contributed by atoms with Gasteiger partial charge < -0.3 is 10.2 Å². The van der Waals surface area contributed by atoms with E-state index in [4.69, 9.17) is 0 Å². The average Bonchev–Trinajstić information content (AvgIpc) is 2.86. The lowest BCUT2D eigenvalue weighted by Crippen LogP contribution is -2.32. The zero-order valence-electron chi connectivity index (χ0n) is 10.1. The average molecular weight is 247 g/mol. The number of nitrogens with zero attached hydrogens (tertiary/aromatic N) is 1. The molecule has 0 spiro atoms. The maximum absolute atomic E-state index is 11.2. The van der Waals surface area contributed by atoms with Gasteiger partial charge >= 0.3 is 5.97 Å². The first-order valence-corrected chi connectivity index (χ1v) is 6.41. The van der Waals surface area contributed by atoms with E-state index in [-0.39, 0.29) is 17.7 Å². The molecular weight excluding hydrogens is 230 g/mol. The van der Waals surface area contributed by atoms with Crippen LogP contribution in [0.25, 0.3) is 0 Å².